The average Bonchev–Trinajstić information content (AvgIpc) is 3.01. The number of amides is 1. The Labute approximate surface area is 96.4 Å². The molecule has 3 aromatic heterocycles. The van der Waals surface area contributed by atoms with Crippen molar-refractivity contribution in [3.8, 4) is 0 Å². The van der Waals surface area contributed by atoms with Crippen molar-refractivity contribution in [2.75, 3.05) is 0 Å². The van der Waals surface area contributed by atoms with E-state index in [0.717, 1.165) is 5.52 Å². The summed E-state index contributed by atoms with van der Waals surface area (Å²) >= 11 is 0. The van der Waals surface area contributed by atoms with Gasteiger partial charge in [-0.1, -0.05) is 0 Å². The van der Waals surface area contributed by atoms with Gasteiger partial charge in [-0.3, -0.25) is 4.79 Å². The Kier molecular flexibility index (Phi) is 2.22. The van der Waals surface area contributed by atoms with E-state index in [1.54, 1.807) is 36.8 Å². The topological polar surface area (TPSA) is 71.2 Å². The number of carbonyl (C=O) groups is 1. The Balaban J connectivity index is 1.72. The summed E-state index contributed by atoms with van der Waals surface area (Å²) in [6.07, 6.45) is 3.15. The minimum absolute atomic E-state index is 0.187. The lowest BCUT2D eigenvalue weighted by molar-refractivity contribution is 0.0944. The monoisotopic (exact) mass is 230 g/mol. The van der Waals surface area contributed by atoms with Crippen LogP contribution in [-0.2, 0) is 6.54 Å². The van der Waals surface area contributed by atoms with Crippen LogP contribution in [0.3, 0.4) is 0 Å². The minimum atomic E-state index is -0.187. The maximum absolute atomic E-state index is 11.8. The van der Waals surface area contributed by atoms with E-state index in [9.17, 15) is 4.79 Å². The number of furan rings is 2. The van der Waals surface area contributed by atoms with Crippen molar-refractivity contribution in [3.63, 3.8) is 0 Å². The first kappa shape index (κ1) is 9.77. The molecule has 86 valence electrons. The highest BCUT2D eigenvalue weighted by Crippen LogP contribution is 2.15. The molecule has 3 rings (SSSR count). The molecule has 3 aromatic rings. The van der Waals surface area contributed by atoms with Gasteiger partial charge in [0, 0.05) is 12.1 Å². The number of hydrogen-bond donors (Lipinski definition) is 2. The minimum Gasteiger partial charge on any atom is -0.467 e. The first-order valence-corrected chi connectivity index (χ1v) is 5.20. The van der Waals surface area contributed by atoms with E-state index in [4.69, 9.17) is 8.83 Å². The molecular weight excluding hydrogens is 220 g/mol. The van der Waals surface area contributed by atoms with Crippen molar-refractivity contribution < 1.29 is 13.6 Å². The van der Waals surface area contributed by atoms with Crippen LogP contribution < -0.4 is 5.32 Å². The maximum atomic E-state index is 11.8. The van der Waals surface area contributed by atoms with Gasteiger partial charge in [0.1, 0.15) is 11.5 Å². The van der Waals surface area contributed by atoms with Gasteiger partial charge in [-0.2, -0.15) is 0 Å². The molecule has 0 bridgehead atoms. The lowest BCUT2D eigenvalue weighted by Gasteiger charge is -2.00. The van der Waals surface area contributed by atoms with E-state index in [-0.39, 0.29) is 5.91 Å². The average molecular weight is 230 g/mol. The summed E-state index contributed by atoms with van der Waals surface area (Å²) in [5.74, 6) is 0.529. The Morgan fingerprint density at radius 3 is 3.00 bits per heavy atom. The molecule has 5 heteroatoms. The number of nitrogens with one attached hydrogen (secondary N) is 2. The largest absolute Gasteiger partial charge is 0.467 e. The molecule has 0 aromatic carbocycles. The summed E-state index contributed by atoms with van der Waals surface area (Å²) in [7, 11) is 0. The first-order valence-electron chi connectivity index (χ1n) is 5.20. The number of aromatic amines is 1. The molecule has 0 aliphatic carbocycles. The first-order chi connectivity index (χ1) is 8.33. The molecular formula is C12H10N2O3. The Morgan fingerprint density at radius 1 is 1.29 bits per heavy atom. The zero-order valence-corrected chi connectivity index (χ0v) is 8.90. The highest BCUT2D eigenvalue weighted by molar-refractivity contribution is 5.96. The van der Waals surface area contributed by atoms with Crippen LogP contribution in [0.2, 0.25) is 0 Å². The Hall–Kier alpha value is -2.43. The standard InChI is InChI=1S/C12H10N2O3/c15-12(13-7-8-2-1-4-16-8)10-6-11-9(14-10)3-5-17-11/h1-6,14H,7H2,(H,13,15). The zero-order valence-electron chi connectivity index (χ0n) is 8.90. The number of fused-ring (bicyclic) bond motifs is 1. The van der Waals surface area contributed by atoms with Crippen molar-refractivity contribution in [1.82, 2.24) is 10.3 Å². The molecule has 3 heterocycles. The number of carbonyl (C=O) groups excluding carboxylic acids is 1. The van der Waals surface area contributed by atoms with E-state index >= 15 is 0 Å². The van der Waals surface area contributed by atoms with Crippen molar-refractivity contribution in [2.45, 2.75) is 6.54 Å². The zero-order chi connectivity index (χ0) is 11.7. The third kappa shape index (κ3) is 1.82. The molecule has 2 N–H and O–H groups in total. The smallest absolute Gasteiger partial charge is 0.268 e. The molecule has 0 aliphatic rings. The molecule has 0 spiro atoms. The molecule has 0 saturated heterocycles. The summed E-state index contributed by atoms with van der Waals surface area (Å²) in [6, 6.07) is 7.04. The lowest BCUT2D eigenvalue weighted by atomic mass is 10.4. The van der Waals surface area contributed by atoms with E-state index in [1.165, 1.54) is 0 Å². The van der Waals surface area contributed by atoms with Crippen molar-refractivity contribution in [2.24, 2.45) is 0 Å². The van der Waals surface area contributed by atoms with Crippen molar-refractivity contribution >= 4 is 17.0 Å². The van der Waals surface area contributed by atoms with Crippen LogP contribution in [0.5, 0.6) is 0 Å². The van der Waals surface area contributed by atoms with Gasteiger partial charge in [-0.25, -0.2) is 0 Å². The summed E-state index contributed by atoms with van der Waals surface area (Å²) in [5, 5.41) is 2.75. The van der Waals surface area contributed by atoms with Crippen LogP contribution >= 0.6 is 0 Å². The summed E-state index contributed by atoms with van der Waals surface area (Å²) in [5.41, 5.74) is 1.97. The van der Waals surface area contributed by atoms with Gasteiger partial charge in [0.2, 0.25) is 0 Å². The number of H-pyrrole nitrogens is 1. The van der Waals surface area contributed by atoms with Crippen LogP contribution in [-0.4, -0.2) is 10.9 Å². The molecule has 0 aliphatic heterocycles. The Bertz CT molecular complexity index is 605. The van der Waals surface area contributed by atoms with Crippen molar-refractivity contribution in [1.29, 1.82) is 0 Å². The molecule has 5 nitrogen and oxygen atoms in total. The third-order valence-electron chi connectivity index (χ3n) is 2.49. The van der Waals surface area contributed by atoms with Gasteiger partial charge < -0.3 is 19.1 Å². The predicted octanol–water partition coefficient (Wildman–Crippen LogP) is 2.28. The van der Waals surface area contributed by atoms with Gasteiger partial charge in [-0.05, 0) is 12.1 Å². The summed E-state index contributed by atoms with van der Waals surface area (Å²) in [6.45, 7) is 0.367. The number of hydrogen-bond acceptors (Lipinski definition) is 3. The molecule has 17 heavy (non-hydrogen) atoms. The molecule has 0 radical (unpaired) electrons. The third-order valence-corrected chi connectivity index (χ3v) is 2.49. The summed E-state index contributed by atoms with van der Waals surface area (Å²) in [4.78, 5) is 14.8. The fourth-order valence-electron chi connectivity index (χ4n) is 1.65. The van der Waals surface area contributed by atoms with Crippen LogP contribution in [0, 0.1) is 0 Å². The van der Waals surface area contributed by atoms with E-state index in [1.807, 2.05) is 0 Å². The van der Waals surface area contributed by atoms with Crippen LogP contribution in [0.25, 0.3) is 11.1 Å². The van der Waals surface area contributed by atoms with Gasteiger partial charge in [-0.15, -0.1) is 0 Å². The number of aromatic nitrogens is 1. The second-order valence-electron chi connectivity index (χ2n) is 3.64. The van der Waals surface area contributed by atoms with Gasteiger partial charge in [0.25, 0.3) is 5.91 Å². The molecule has 0 unspecified atom stereocenters. The Morgan fingerprint density at radius 2 is 2.24 bits per heavy atom. The van der Waals surface area contributed by atoms with Crippen LogP contribution in [0.15, 0.2) is 45.6 Å². The maximum Gasteiger partial charge on any atom is 0.268 e. The lowest BCUT2D eigenvalue weighted by Crippen LogP contribution is -2.22. The normalized spacial score (nSPS) is 10.8. The fourth-order valence-corrected chi connectivity index (χ4v) is 1.65. The molecule has 0 saturated carbocycles. The van der Waals surface area contributed by atoms with Gasteiger partial charge in [0.15, 0.2) is 5.58 Å². The van der Waals surface area contributed by atoms with E-state index in [2.05, 4.69) is 10.3 Å². The van der Waals surface area contributed by atoms with Crippen LogP contribution in [0.1, 0.15) is 16.2 Å². The second-order valence-corrected chi connectivity index (χ2v) is 3.64. The molecule has 0 atom stereocenters. The van der Waals surface area contributed by atoms with E-state index in [0.29, 0.717) is 23.6 Å². The van der Waals surface area contributed by atoms with Crippen molar-refractivity contribution in [3.05, 3.63) is 48.2 Å². The van der Waals surface area contributed by atoms with E-state index < -0.39 is 0 Å². The van der Waals surface area contributed by atoms with Crippen LogP contribution in [0.4, 0.5) is 0 Å². The number of rotatable bonds is 3. The molecule has 1 amide bonds. The molecule has 0 fully saturated rings. The predicted molar refractivity (Wildman–Crippen MR) is 60.4 cm³/mol. The van der Waals surface area contributed by atoms with Gasteiger partial charge >= 0.3 is 0 Å². The summed E-state index contributed by atoms with van der Waals surface area (Å²) < 4.78 is 10.3. The quantitative estimate of drug-likeness (QED) is 0.725. The highest BCUT2D eigenvalue weighted by atomic mass is 16.3. The SMILES string of the molecule is O=C(NCc1ccco1)c1cc2occc2[nH]1. The highest BCUT2D eigenvalue weighted by Gasteiger charge is 2.10. The van der Waals surface area contributed by atoms with Gasteiger partial charge in [0.05, 0.1) is 24.6 Å². The second kappa shape index (κ2) is 3.86. The fraction of sp³-hybridized carbons (Fsp3) is 0.0833.